The average Bonchev–Trinajstić information content (AvgIpc) is 3.27. The lowest BCUT2D eigenvalue weighted by molar-refractivity contribution is -0.121. The summed E-state index contributed by atoms with van der Waals surface area (Å²) in [4.78, 5) is 24.8. The molecule has 2 aromatic carbocycles. The number of nitrogens with one attached hydrogen (secondary N) is 1. The second kappa shape index (κ2) is 7.52. The predicted octanol–water partition coefficient (Wildman–Crippen LogP) is 3.68. The van der Waals surface area contributed by atoms with Crippen molar-refractivity contribution in [2.75, 3.05) is 0 Å². The third kappa shape index (κ3) is 3.53. The first-order valence-corrected chi connectivity index (χ1v) is 9.58. The van der Waals surface area contributed by atoms with Gasteiger partial charge in [0.2, 0.25) is 5.91 Å². The predicted molar refractivity (Wildman–Crippen MR) is 111 cm³/mol. The molecule has 0 aliphatic heterocycles. The van der Waals surface area contributed by atoms with Gasteiger partial charge in [-0.1, -0.05) is 40.2 Å². The minimum absolute atomic E-state index is 0.0412. The van der Waals surface area contributed by atoms with Gasteiger partial charge in [0, 0.05) is 17.1 Å². The first kappa shape index (κ1) is 18.3. The molecule has 1 N–H and O–H groups in total. The number of carbonyl (C=O) groups excluding carboxylic acids is 1. The average molecular weight is 440 g/mol. The first-order chi connectivity index (χ1) is 13.5. The molecule has 7 heteroatoms. The van der Waals surface area contributed by atoms with Gasteiger partial charge in [0.1, 0.15) is 18.1 Å². The Bertz CT molecular complexity index is 1200. The third-order valence-electron chi connectivity index (χ3n) is 4.60. The fourth-order valence-electron chi connectivity index (χ4n) is 3.14. The number of aryl methyl sites for hydroxylation is 1. The molecule has 28 heavy (non-hydrogen) atoms. The van der Waals surface area contributed by atoms with E-state index in [0.717, 1.165) is 26.8 Å². The number of furan rings is 1. The summed E-state index contributed by atoms with van der Waals surface area (Å²) in [5.41, 5.74) is 2.28. The van der Waals surface area contributed by atoms with Gasteiger partial charge in [-0.2, -0.15) is 0 Å². The van der Waals surface area contributed by atoms with Crippen LogP contribution in [0.1, 0.15) is 5.76 Å². The van der Waals surface area contributed by atoms with Crippen molar-refractivity contribution < 1.29 is 9.21 Å². The Labute approximate surface area is 169 Å². The summed E-state index contributed by atoms with van der Waals surface area (Å²) in [6.45, 7) is 0.218. The number of carbonyl (C=O) groups is 1. The van der Waals surface area contributed by atoms with Gasteiger partial charge in [0.25, 0.3) is 0 Å². The van der Waals surface area contributed by atoms with Crippen molar-refractivity contribution in [2.24, 2.45) is 7.05 Å². The number of aromatic nitrogens is 2. The van der Waals surface area contributed by atoms with E-state index in [1.807, 2.05) is 60.7 Å². The zero-order chi connectivity index (χ0) is 19.7. The van der Waals surface area contributed by atoms with E-state index in [1.54, 1.807) is 11.6 Å². The van der Waals surface area contributed by atoms with Crippen LogP contribution in [-0.2, 0) is 24.9 Å². The van der Waals surface area contributed by atoms with Crippen LogP contribution >= 0.6 is 15.9 Å². The molecule has 6 nitrogen and oxygen atoms in total. The van der Waals surface area contributed by atoms with Gasteiger partial charge in [-0.25, -0.2) is 4.79 Å². The first-order valence-electron chi connectivity index (χ1n) is 8.78. The van der Waals surface area contributed by atoms with Crippen molar-refractivity contribution in [1.82, 2.24) is 14.5 Å². The molecule has 0 radical (unpaired) electrons. The molecule has 0 saturated carbocycles. The Morgan fingerprint density at radius 3 is 2.50 bits per heavy atom. The largest absolute Gasteiger partial charge is 0.459 e. The highest BCUT2D eigenvalue weighted by Gasteiger charge is 2.13. The second-order valence-corrected chi connectivity index (χ2v) is 7.38. The summed E-state index contributed by atoms with van der Waals surface area (Å²) in [5.74, 6) is 1.14. The van der Waals surface area contributed by atoms with E-state index >= 15 is 0 Å². The third-order valence-corrected chi connectivity index (χ3v) is 5.13. The lowest BCUT2D eigenvalue weighted by atomic mass is 10.2. The molecule has 2 aromatic heterocycles. The second-order valence-electron chi connectivity index (χ2n) is 6.47. The van der Waals surface area contributed by atoms with Gasteiger partial charge >= 0.3 is 5.69 Å². The van der Waals surface area contributed by atoms with Crippen molar-refractivity contribution in [3.63, 3.8) is 0 Å². The lowest BCUT2D eigenvalue weighted by Crippen LogP contribution is -2.32. The maximum Gasteiger partial charge on any atom is 0.329 e. The topological polar surface area (TPSA) is 69.2 Å². The minimum Gasteiger partial charge on any atom is -0.459 e. The monoisotopic (exact) mass is 439 g/mol. The zero-order valence-electron chi connectivity index (χ0n) is 15.2. The van der Waals surface area contributed by atoms with Crippen molar-refractivity contribution >= 4 is 32.9 Å². The van der Waals surface area contributed by atoms with Gasteiger partial charge in [-0.05, 0) is 36.4 Å². The molecule has 142 valence electrons. The number of para-hydroxylation sites is 2. The van der Waals surface area contributed by atoms with E-state index in [0.29, 0.717) is 5.76 Å². The summed E-state index contributed by atoms with van der Waals surface area (Å²) >= 11 is 3.41. The molecule has 0 fully saturated rings. The molecule has 4 rings (SSSR count). The minimum atomic E-state index is -0.250. The van der Waals surface area contributed by atoms with Crippen molar-refractivity contribution in [3.8, 4) is 11.3 Å². The van der Waals surface area contributed by atoms with Crippen molar-refractivity contribution in [2.45, 2.75) is 13.1 Å². The van der Waals surface area contributed by atoms with Gasteiger partial charge < -0.3 is 9.73 Å². The van der Waals surface area contributed by atoms with Gasteiger partial charge in [0.15, 0.2) is 0 Å². The molecule has 4 aromatic rings. The Kier molecular flexibility index (Phi) is 4.92. The quantitative estimate of drug-likeness (QED) is 0.515. The van der Waals surface area contributed by atoms with Crippen molar-refractivity contribution in [3.05, 3.63) is 81.4 Å². The van der Waals surface area contributed by atoms with E-state index < -0.39 is 0 Å². The van der Waals surface area contributed by atoms with Crippen LogP contribution in [0, 0.1) is 0 Å². The van der Waals surface area contributed by atoms with Crippen LogP contribution in [0.15, 0.2) is 74.3 Å². The Morgan fingerprint density at radius 1 is 1.04 bits per heavy atom. The smallest absolute Gasteiger partial charge is 0.329 e. The number of fused-ring (bicyclic) bond motifs is 1. The molecular formula is C21H18BrN3O3. The van der Waals surface area contributed by atoms with Crippen LogP contribution in [0.4, 0.5) is 0 Å². The lowest BCUT2D eigenvalue weighted by Gasteiger charge is -2.05. The normalized spacial score (nSPS) is 11.1. The summed E-state index contributed by atoms with van der Waals surface area (Å²) in [6.07, 6.45) is 0. The van der Waals surface area contributed by atoms with Gasteiger partial charge in [-0.15, -0.1) is 0 Å². The number of amides is 1. The van der Waals surface area contributed by atoms with E-state index in [9.17, 15) is 9.59 Å². The van der Waals surface area contributed by atoms with Gasteiger partial charge in [0.05, 0.1) is 17.6 Å². The number of imidazole rings is 1. The van der Waals surface area contributed by atoms with E-state index in [1.165, 1.54) is 4.57 Å². The van der Waals surface area contributed by atoms with E-state index in [4.69, 9.17) is 4.42 Å². The highest BCUT2D eigenvalue weighted by Crippen LogP contribution is 2.24. The number of hydrogen-bond donors (Lipinski definition) is 1. The number of hydrogen-bond acceptors (Lipinski definition) is 3. The molecule has 0 unspecified atom stereocenters. The van der Waals surface area contributed by atoms with Crippen LogP contribution in [0.5, 0.6) is 0 Å². The van der Waals surface area contributed by atoms with Crippen LogP contribution in [0.25, 0.3) is 22.4 Å². The molecule has 0 aliphatic carbocycles. The molecule has 1 amide bonds. The number of halogens is 1. The molecule has 2 heterocycles. The maximum atomic E-state index is 12.4. The summed E-state index contributed by atoms with van der Waals surface area (Å²) in [7, 11) is 1.70. The standard InChI is InChI=1S/C21H18BrN3O3/c1-24-17-4-2-3-5-18(17)25(21(24)27)13-20(26)23-12-16-10-11-19(28-16)14-6-8-15(22)9-7-14/h2-11H,12-13H2,1H3,(H,23,26). The zero-order valence-corrected chi connectivity index (χ0v) is 16.8. The highest BCUT2D eigenvalue weighted by molar-refractivity contribution is 9.10. The summed E-state index contributed by atoms with van der Waals surface area (Å²) < 4.78 is 9.82. The van der Waals surface area contributed by atoms with Crippen LogP contribution in [0.2, 0.25) is 0 Å². The van der Waals surface area contributed by atoms with Crippen LogP contribution in [0.3, 0.4) is 0 Å². The molecule has 0 aliphatic rings. The Balaban J connectivity index is 1.44. The molecule has 0 spiro atoms. The van der Waals surface area contributed by atoms with E-state index in [-0.39, 0.29) is 24.7 Å². The molecule has 0 bridgehead atoms. The van der Waals surface area contributed by atoms with E-state index in [2.05, 4.69) is 21.2 Å². The summed E-state index contributed by atoms with van der Waals surface area (Å²) in [6, 6.07) is 18.9. The van der Waals surface area contributed by atoms with Crippen LogP contribution in [-0.4, -0.2) is 15.0 Å². The van der Waals surface area contributed by atoms with Crippen molar-refractivity contribution in [1.29, 1.82) is 0 Å². The molecular weight excluding hydrogens is 422 g/mol. The van der Waals surface area contributed by atoms with Crippen LogP contribution < -0.4 is 11.0 Å². The maximum absolute atomic E-state index is 12.4. The molecule has 0 atom stereocenters. The Morgan fingerprint density at radius 2 is 1.75 bits per heavy atom. The summed E-state index contributed by atoms with van der Waals surface area (Å²) in [5, 5.41) is 2.81. The van der Waals surface area contributed by atoms with Gasteiger partial charge in [-0.3, -0.25) is 13.9 Å². The highest BCUT2D eigenvalue weighted by atomic mass is 79.9. The number of benzene rings is 2. The SMILES string of the molecule is Cn1c(=O)n(CC(=O)NCc2ccc(-c3ccc(Br)cc3)o2)c2ccccc21. The Hall–Kier alpha value is -3.06. The number of nitrogens with zero attached hydrogens (tertiary/aromatic N) is 2. The number of rotatable bonds is 5. The fourth-order valence-corrected chi connectivity index (χ4v) is 3.41. The molecule has 0 saturated heterocycles. The fraction of sp³-hybridized carbons (Fsp3) is 0.143.